The normalized spacial score (nSPS) is 41.1. The van der Waals surface area contributed by atoms with Crippen LogP contribution in [0.2, 0.25) is 0 Å². The Kier molecular flexibility index (Phi) is 3.18. The molecular formula is C9H16Cl2O2. The highest BCUT2D eigenvalue weighted by Gasteiger charge is 2.52. The van der Waals surface area contributed by atoms with Crippen molar-refractivity contribution in [2.75, 3.05) is 13.7 Å². The van der Waals surface area contributed by atoms with Gasteiger partial charge in [-0.2, -0.15) is 0 Å². The molecule has 0 amide bonds. The molecule has 1 aliphatic rings. The third kappa shape index (κ3) is 2.12. The lowest BCUT2D eigenvalue weighted by Crippen LogP contribution is -2.43. The van der Waals surface area contributed by atoms with Crippen LogP contribution < -0.4 is 0 Å². The van der Waals surface area contributed by atoms with Crippen LogP contribution in [0.3, 0.4) is 0 Å². The molecule has 0 spiro atoms. The smallest absolute Gasteiger partial charge is 0.176 e. The van der Waals surface area contributed by atoms with Gasteiger partial charge in [0.15, 0.2) is 6.29 Å². The SMILES string of the molecule is COC1OCC(C(C)(C)Cl)C1(C)Cl. The van der Waals surface area contributed by atoms with Crippen LogP contribution in [-0.2, 0) is 9.47 Å². The highest BCUT2D eigenvalue weighted by molar-refractivity contribution is 6.27. The van der Waals surface area contributed by atoms with E-state index in [1.54, 1.807) is 7.11 Å². The maximum absolute atomic E-state index is 6.35. The van der Waals surface area contributed by atoms with Gasteiger partial charge < -0.3 is 9.47 Å². The molecule has 1 aliphatic heterocycles. The Hall–Kier alpha value is 0.500. The van der Waals surface area contributed by atoms with Gasteiger partial charge in [-0.1, -0.05) is 0 Å². The van der Waals surface area contributed by atoms with Crippen molar-refractivity contribution in [3.8, 4) is 0 Å². The summed E-state index contributed by atoms with van der Waals surface area (Å²) < 4.78 is 10.6. The summed E-state index contributed by atoms with van der Waals surface area (Å²) in [6.07, 6.45) is -0.364. The van der Waals surface area contributed by atoms with Gasteiger partial charge in [-0.05, 0) is 20.8 Å². The zero-order valence-corrected chi connectivity index (χ0v) is 9.95. The molecule has 0 saturated carbocycles. The quantitative estimate of drug-likeness (QED) is 0.675. The first kappa shape index (κ1) is 11.6. The fourth-order valence-corrected chi connectivity index (χ4v) is 2.67. The first-order valence-corrected chi connectivity index (χ1v) is 5.08. The van der Waals surface area contributed by atoms with Crippen LogP contribution in [-0.4, -0.2) is 29.8 Å². The zero-order valence-electron chi connectivity index (χ0n) is 8.43. The van der Waals surface area contributed by atoms with Gasteiger partial charge >= 0.3 is 0 Å². The first-order valence-electron chi connectivity index (χ1n) is 4.32. The molecule has 0 aromatic rings. The predicted octanol–water partition coefficient (Wildman–Crippen LogP) is 2.62. The van der Waals surface area contributed by atoms with E-state index in [0.29, 0.717) is 6.61 Å². The van der Waals surface area contributed by atoms with Crippen molar-refractivity contribution in [3.63, 3.8) is 0 Å². The van der Waals surface area contributed by atoms with Gasteiger partial charge in [-0.15, -0.1) is 23.2 Å². The van der Waals surface area contributed by atoms with Crippen molar-refractivity contribution in [1.82, 2.24) is 0 Å². The molecule has 0 N–H and O–H groups in total. The molecule has 0 bridgehead atoms. The Bertz CT molecular complexity index is 187. The number of hydrogen-bond acceptors (Lipinski definition) is 2. The summed E-state index contributed by atoms with van der Waals surface area (Å²) in [5.74, 6) is 0.0910. The number of alkyl halides is 2. The van der Waals surface area contributed by atoms with Crippen molar-refractivity contribution >= 4 is 23.2 Å². The second-order valence-electron chi connectivity index (χ2n) is 4.17. The van der Waals surface area contributed by atoms with E-state index in [1.165, 1.54) is 0 Å². The molecular weight excluding hydrogens is 211 g/mol. The Morgan fingerprint density at radius 2 is 2.08 bits per heavy atom. The number of halogens is 2. The second kappa shape index (κ2) is 3.58. The molecule has 2 nitrogen and oxygen atoms in total. The van der Waals surface area contributed by atoms with Crippen LogP contribution in [0, 0.1) is 5.92 Å². The van der Waals surface area contributed by atoms with Crippen molar-refractivity contribution in [2.24, 2.45) is 5.92 Å². The number of ether oxygens (including phenoxy) is 2. The monoisotopic (exact) mass is 226 g/mol. The summed E-state index contributed by atoms with van der Waals surface area (Å²) in [6.45, 7) is 6.35. The molecule has 0 aromatic heterocycles. The molecule has 78 valence electrons. The fourth-order valence-electron chi connectivity index (χ4n) is 1.84. The van der Waals surface area contributed by atoms with Gasteiger partial charge in [-0.3, -0.25) is 0 Å². The third-order valence-electron chi connectivity index (χ3n) is 2.60. The number of rotatable bonds is 2. The minimum atomic E-state index is -0.542. The minimum Gasteiger partial charge on any atom is -0.354 e. The molecule has 0 aliphatic carbocycles. The van der Waals surface area contributed by atoms with E-state index in [2.05, 4.69) is 0 Å². The van der Waals surface area contributed by atoms with E-state index in [1.807, 2.05) is 20.8 Å². The van der Waals surface area contributed by atoms with Crippen LogP contribution >= 0.6 is 23.2 Å². The maximum Gasteiger partial charge on any atom is 0.176 e. The summed E-state index contributed by atoms with van der Waals surface area (Å²) >= 11 is 12.6. The molecule has 1 saturated heterocycles. The van der Waals surface area contributed by atoms with E-state index in [0.717, 1.165) is 0 Å². The fraction of sp³-hybridized carbons (Fsp3) is 1.00. The average Bonchev–Trinajstić information content (AvgIpc) is 2.22. The van der Waals surface area contributed by atoms with Crippen LogP contribution in [0.25, 0.3) is 0 Å². The Morgan fingerprint density at radius 3 is 2.31 bits per heavy atom. The van der Waals surface area contributed by atoms with E-state index >= 15 is 0 Å². The average molecular weight is 227 g/mol. The van der Waals surface area contributed by atoms with Gasteiger partial charge in [0.05, 0.1) is 11.5 Å². The molecule has 1 heterocycles. The minimum absolute atomic E-state index is 0.0910. The largest absolute Gasteiger partial charge is 0.354 e. The molecule has 13 heavy (non-hydrogen) atoms. The number of methoxy groups -OCH3 is 1. The molecule has 1 rings (SSSR count). The lowest BCUT2D eigenvalue weighted by atomic mass is 9.85. The number of hydrogen-bond donors (Lipinski definition) is 0. The lowest BCUT2D eigenvalue weighted by Gasteiger charge is -2.34. The topological polar surface area (TPSA) is 18.5 Å². The summed E-state index contributed by atoms with van der Waals surface area (Å²) in [5.41, 5.74) is 0. The molecule has 0 aromatic carbocycles. The summed E-state index contributed by atoms with van der Waals surface area (Å²) in [5, 5.41) is 0. The van der Waals surface area contributed by atoms with E-state index in [9.17, 15) is 0 Å². The summed E-state index contributed by atoms with van der Waals surface area (Å²) in [6, 6.07) is 0. The van der Waals surface area contributed by atoms with E-state index in [-0.39, 0.29) is 17.1 Å². The predicted molar refractivity (Wildman–Crippen MR) is 54.4 cm³/mol. The highest BCUT2D eigenvalue weighted by Crippen LogP contribution is 2.45. The Balaban J connectivity index is 2.81. The van der Waals surface area contributed by atoms with Crippen molar-refractivity contribution in [2.45, 2.75) is 36.8 Å². The zero-order chi connectivity index (χ0) is 10.3. The van der Waals surface area contributed by atoms with Gasteiger partial charge in [0, 0.05) is 17.9 Å². The van der Waals surface area contributed by atoms with Crippen LogP contribution in [0.5, 0.6) is 0 Å². The summed E-state index contributed by atoms with van der Waals surface area (Å²) in [4.78, 5) is -0.913. The lowest BCUT2D eigenvalue weighted by molar-refractivity contribution is -0.100. The highest BCUT2D eigenvalue weighted by atomic mass is 35.5. The van der Waals surface area contributed by atoms with Crippen LogP contribution in [0.4, 0.5) is 0 Å². The third-order valence-corrected chi connectivity index (χ3v) is 3.30. The standard InChI is InChI=1S/C9H16Cl2O2/c1-8(2,10)6-5-13-7(12-4)9(6,3)11/h6-7H,5H2,1-4H3. The molecule has 3 atom stereocenters. The Morgan fingerprint density at radius 1 is 1.54 bits per heavy atom. The maximum atomic E-state index is 6.35. The molecule has 4 heteroatoms. The van der Waals surface area contributed by atoms with Gasteiger partial charge in [0.2, 0.25) is 0 Å². The van der Waals surface area contributed by atoms with E-state index < -0.39 is 4.87 Å². The van der Waals surface area contributed by atoms with Gasteiger partial charge in [0.25, 0.3) is 0 Å². The molecule has 0 radical (unpaired) electrons. The van der Waals surface area contributed by atoms with Gasteiger partial charge in [0.1, 0.15) is 0 Å². The van der Waals surface area contributed by atoms with Crippen molar-refractivity contribution in [1.29, 1.82) is 0 Å². The van der Waals surface area contributed by atoms with E-state index in [4.69, 9.17) is 32.7 Å². The van der Waals surface area contributed by atoms with Crippen molar-refractivity contribution < 1.29 is 9.47 Å². The van der Waals surface area contributed by atoms with Crippen LogP contribution in [0.1, 0.15) is 20.8 Å². The van der Waals surface area contributed by atoms with Crippen LogP contribution in [0.15, 0.2) is 0 Å². The first-order chi connectivity index (χ1) is 5.80. The molecule has 3 unspecified atom stereocenters. The Labute approximate surface area is 89.5 Å². The second-order valence-corrected chi connectivity index (χ2v) is 5.96. The summed E-state index contributed by atoms with van der Waals surface area (Å²) in [7, 11) is 1.59. The van der Waals surface area contributed by atoms with Gasteiger partial charge in [-0.25, -0.2) is 0 Å². The van der Waals surface area contributed by atoms with Crippen molar-refractivity contribution in [3.05, 3.63) is 0 Å². The molecule has 1 fully saturated rings.